The van der Waals surface area contributed by atoms with Gasteiger partial charge in [-0.05, 0) is 40.2 Å². The molecule has 1 aromatic rings. The van der Waals surface area contributed by atoms with Crippen molar-refractivity contribution in [2.45, 2.75) is 46.3 Å². The number of rotatable bonds is 4. The quantitative estimate of drug-likeness (QED) is 0.920. The van der Waals surface area contributed by atoms with Gasteiger partial charge < -0.3 is 14.7 Å². The fourth-order valence-electron chi connectivity index (χ4n) is 1.76. The Bertz CT molecular complexity index is 434. The zero-order valence-corrected chi connectivity index (χ0v) is 13.0. The van der Waals surface area contributed by atoms with Crippen LogP contribution in [0, 0.1) is 6.92 Å². The summed E-state index contributed by atoms with van der Waals surface area (Å²) in [5.74, 6) is 0. The molecule has 1 rings (SSSR count). The molecule has 0 spiro atoms. The molecule has 112 valence electrons. The summed E-state index contributed by atoms with van der Waals surface area (Å²) in [6, 6.07) is 7.65. The van der Waals surface area contributed by atoms with Gasteiger partial charge in [-0.3, -0.25) is 0 Å². The van der Waals surface area contributed by atoms with Gasteiger partial charge in [-0.15, -0.1) is 0 Å². The van der Waals surface area contributed by atoms with E-state index in [9.17, 15) is 9.90 Å². The van der Waals surface area contributed by atoms with Gasteiger partial charge in [-0.1, -0.05) is 29.8 Å². The van der Waals surface area contributed by atoms with Crippen LogP contribution in [0.15, 0.2) is 24.3 Å². The molecule has 0 aliphatic rings. The van der Waals surface area contributed by atoms with Gasteiger partial charge in [0, 0.05) is 6.54 Å². The van der Waals surface area contributed by atoms with Crippen LogP contribution < -0.4 is 0 Å². The predicted octanol–water partition coefficient (Wildman–Crippen LogP) is 3.29. The minimum absolute atomic E-state index is 0.231. The van der Waals surface area contributed by atoms with E-state index in [2.05, 4.69) is 0 Å². The van der Waals surface area contributed by atoms with Crippen molar-refractivity contribution in [3.63, 3.8) is 0 Å². The van der Waals surface area contributed by atoms with Crippen molar-refractivity contribution < 1.29 is 14.6 Å². The lowest BCUT2D eigenvalue weighted by atomic mass is 10.1. The number of carbonyl (C=O) groups is 1. The number of ether oxygens (including phenoxy) is 1. The molecular formula is C16H25NO3. The van der Waals surface area contributed by atoms with E-state index in [0.717, 1.165) is 11.1 Å². The summed E-state index contributed by atoms with van der Waals surface area (Å²) in [6.07, 6.45) is -1.10. The van der Waals surface area contributed by atoms with Crippen LogP contribution in [0.1, 0.15) is 44.9 Å². The molecule has 1 atom stereocenters. The molecule has 0 radical (unpaired) electrons. The third-order valence-corrected chi connectivity index (χ3v) is 2.89. The number of aryl methyl sites for hydroxylation is 1. The summed E-state index contributed by atoms with van der Waals surface area (Å²) in [6.45, 7) is 10.1. The molecule has 0 aromatic heterocycles. The molecule has 0 aliphatic heterocycles. The van der Waals surface area contributed by atoms with Crippen LogP contribution >= 0.6 is 0 Å². The maximum atomic E-state index is 12.0. The van der Waals surface area contributed by atoms with Crippen LogP contribution in [0.3, 0.4) is 0 Å². The maximum absolute atomic E-state index is 12.0. The number of carbonyl (C=O) groups excluding carboxylic acids is 1. The normalized spacial score (nSPS) is 12.9. The van der Waals surface area contributed by atoms with E-state index >= 15 is 0 Å². The largest absolute Gasteiger partial charge is 0.444 e. The second-order valence-electron chi connectivity index (χ2n) is 5.95. The molecule has 1 aromatic carbocycles. The lowest BCUT2D eigenvalue weighted by Crippen LogP contribution is -2.39. The SMILES string of the molecule is CCN(CC(O)c1ccc(C)cc1)C(=O)OC(C)(C)C. The van der Waals surface area contributed by atoms with Crippen molar-refractivity contribution in [3.8, 4) is 0 Å². The first-order valence-corrected chi connectivity index (χ1v) is 6.95. The van der Waals surface area contributed by atoms with E-state index in [1.165, 1.54) is 4.90 Å². The molecule has 4 heteroatoms. The number of amides is 1. The van der Waals surface area contributed by atoms with E-state index in [1.54, 1.807) is 0 Å². The number of hydrogen-bond acceptors (Lipinski definition) is 3. The van der Waals surface area contributed by atoms with Crippen LogP contribution in [0.25, 0.3) is 0 Å². The molecular weight excluding hydrogens is 254 g/mol. The molecule has 20 heavy (non-hydrogen) atoms. The lowest BCUT2D eigenvalue weighted by Gasteiger charge is -2.28. The Hall–Kier alpha value is -1.55. The average molecular weight is 279 g/mol. The zero-order valence-electron chi connectivity index (χ0n) is 13.0. The smallest absolute Gasteiger partial charge is 0.410 e. The molecule has 1 unspecified atom stereocenters. The molecule has 0 fully saturated rings. The van der Waals surface area contributed by atoms with Crippen molar-refractivity contribution in [1.82, 2.24) is 4.90 Å². The Morgan fingerprint density at radius 2 is 1.85 bits per heavy atom. The fraction of sp³-hybridized carbons (Fsp3) is 0.562. The Labute approximate surface area is 121 Å². The third kappa shape index (κ3) is 5.21. The zero-order chi connectivity index (χ0) is 15.3. The molecule has 4 nitrogen and oxygen atoms in total. The van der Waals surface area contributed by atoms with Gasteiger partial charge in [0.25, 0.3) is 0 Å². The summed E-state index contributed by atoms with van der Waals surface area (Å²) in [5, 5.41) is 10.2. The van der Waals surface area contributed by atoms with Crippen LogP contribution in [-0.2, 0) is 4.74 Å². The Morgan fingerprint density at radius 3 is 2.30 bits per heavy atom. The second-order valence-corrected chi connectivity index (χ2v) is 5.95. The fourth-order valence-corrected chi connectivity index (χ4v) is 1.76. The summed E-state index contributed by atoms with van der Waals surface area (Å²) in [5.41, 5.74) is 1.41. The highest BCUT2D eigenvalue weighted by molar-refractivity contribution is 5.68. The molecule has 1 amide bonds. The van der Waals surface area contributed by atoms with Crippen molar-refractivity contribution in [2.24, 2.45) is 0 Å². The van der Waals surface area contributed by atoms with Crippen LogP contribution in [0.5, 0.6) is 0 Å². The van der Waals surface area contributed by atoms with Gasteiger partial charge in [0.2, 0.25) is 0 Å². The van der Waals surface area contributed by atoms with Gasteiger partial charge in [0.1, 0.15) is 5.60 Å². The van der Waals surface area contributed by atoms with Gasteiger partial charge in [-0.2, -0.15) is 0 Å². The Kier molecular flexibility index (Phi) is 5.57. The highest BCUT2D eigenvalue weighted by Crippen LogP contribution is 2.17. The lowest BCUT2D eigenvalue weighted by molar-refractivity contribution is 0.0157. The first-order chi connectivity index (χ1) is 9.23. The first kappa shape index (κ1) is 16.5. The summed E-state index contributed by atoms with van der Waals surface area (Å²) >= 11 is 0. The third-order valence-electron chi connectivity index (χ3n) is 2.89. The maximum Gasteiger partial charge on any atom is 0.410 e. The van der Waals surface area contributed by atoms with E-state index in [1.807, 2.05) is 58.9 Å². The van der Waals surface area contributed by atoms with Crippen molar-refractivity contribution in [3.05, 3.63) is 35.4 Å². The average Bonchev–Trinajstić information content (AvgIpc) is 2.34. The highest BCUT2D eigenvalue weighted by Gasteiger charge is 2.23. The Balaban J connectivity index is 2.68. The highest BCUT2D eigenvalue weighted by atomic mass is 16.6. The first-order valence-electron chi connectivity index (χ1n) is 6.95. The van der Waals surface area contributed by atoms with Crippen molar-refractivity contribution >= 4 is 6.09 Å². The van der Waals surface area contributed by atoms with E-state index in [4.69, 9.17) is 4.74 Å². The predicted molar refractivity (Wildman–Crippen MR) is 79.6 cm³/mol. The van der Waals surface area contributed by atoms with Crippen LogP contribution in [0.4, 0.5) is 4.79 Å². The molecule has 1 N–H and O–H groups in total. The molecule has 0 aliphatic carbocycles. The summed E-state index contributed by atoms with van der Waals surface area (Å²) < 4.78 is 5.32. The molecule has 0 saturated heterocycles. The minimum atomic E-state index is -0.705. The van der Waals surface area contributed by atoms with Crippen molar-refractivity contribution in [1.29, 1.82) is 0 Å². The monoisotopic (exact) mass is 279 g/mol. The van der Waals surface area contributed by atoms with Gasteiger partial charge in [0.15, 0.2) is 0 Å². The number of benzene rings is 1. The van der Waals surface area contributed by atoms with Crippen LogP contribution in [0.2, 0.25) is 0 Å². The van der Waals surface area contributed by atoms with E-state index in [0.29, 0.717) is 6.54 Å². The van der Waals surface area contributed by atoms with E-state index < -0.39 is 17.8 Å². The molecule has 0 bridgehead atoms. The minimum Gasteiger partial charge on any atom is -0.444 e. The summed E-state index contributed by atoms with van der Waals surface area (Å²) in [4.78, 5) is 13.5. The van der Waals surface area contributed by atoms with Gasteiger partial charge in [0.05, 0.1) is 12.6 Å². The van der Waals surface area contributed by atoms with Crippen LogP contribution in [-0.4, -0.2) is 34.8 Å². The topological polar surface area (TPSA) is 49.8 Å². The van der Waals surface area contributed by atoms with Crippen molar-refractivity contribution in [2.75, 3.05) is 13.1 Å². The number of aliphatic hydroxyl groups is 1. The van der Waals surface area contributed by atoms with E-state index in [-0.39, 0.29) is 6.54 Å². The number of likely N-dealkylation sites (N-methyl/N-ethyl adjacent to an activating group) is 1. The van der Waals surface area contributed by atoms with Gasteiger partial charge in [-0.25, -0.2) is 4.79 Å². The van der Waals surface area contributed by atoms with Gasteiger partial charge >= 0.3 is 6.09 Å². The molecule has 0 saturated carbocycles. The Morgan fingerprint density at radius 1 is 1.30 bits per heavy atom. The molecule has 0 heterocycles. The summed E-state index contributed by atoms with van der Waals surface area (Å²) in [7, 11) is 0. The second kappa shape index (κ2) is 6.75. The number of hydrogen-bond donors (Lipinski definition) is 1. The standard InChI is InChI=1S/C16H25NO3/c1-6-17(15(19)20-16(3,4)5)11-14(18)13-9-7-12(2)8-10-13/h7-10,14,18H,6,11H2,1-5H3. The number of aliphatic hydroxyl groups excluding tert-OH is 1. The number of nitrogens with zero attached hydrogens (tertiary/aromatic N) is 1.